The Morgan fingerprint density at radius 2 is 1.78 bits per heavy atom. The molecule has 5 saturated heterocycles. The van der Waals surface area contributed by atoms with Crippen molar-refractivity contribution in [1.29, 1.82) is 0 Å². The first-order valence-corrected chi connectivity index (χ1v) is 15.2. The summed E-state index contributed by atoms with van der Waals surface area (Å²) in [6.45, 7) is 2.97. The summed E-state index contributed by atoms with van der Waals surface area (Å²) in [6.07, 6.45) is -5.24. The lowest BCUT2D eigenvalue weighted by molar-refractivity contribution is -0.144. The van der Waals surface area contributed by atoms with Gasteiger partial charge in [-0.25, -0.2) is 0 Å². The molecule has 2 atom stereocenters. The largest absolute Gasteiger partial charge is 0.508 e. The summed E-state index contributed by atoms with van der Waals surface area (Å²) in [5, 5.41) is 12.1. The number of halogens is 7. The number of nitrogens with one attached hydrogen (secondary N) is 1. The van der Waals surface area contributed by atoms with Crippen LogP contribution in [0.2, 0.25) is 5.02 Å². The number of hydrogen-bond donors (Lipinski definition) is 2. The van der Waals surface area contributed by atoms with Crippen LogP contribution in [0, 0.1) is 0 Å². The lowest BCUT2D eigenvalue weighted by Crippen LogP contribution is -2.61. The van der Waals surface area contributed by atoms with Crippen LogP contribution in [-0.2, 0) is 12.4 Å². The number of piperazine rings is 1. The first-order valence-electron chi connectivity index (χ1n) is 14.8. The molecule has 16 heteroatoms. The molecule has 5 fully saturated rings. The molecular formula is C29H29ClF6N6O3. The molecule has 0 saturated carbocycles. The van der Waals surface area contributed by atoms with E-state index < -0.39 is 51.1 Å². The van der Waals surface area contributed by atoms with Crippen molar-refractivity contribution >= 4 is 28.3 Å². The molecule has 45 heavy (non-hydrogen) atoms. The Hall–Kier alpha value is -3.30. The van der Waals surface area contributed by atoms with Crippen LogP contribution in [0.1, 0.15) is 49.8 Å². The average molecular weight is 659 g/mol. The molecule has 2 aromatic heterocycles. The van der Waals surface area contributed by atoms with E-state index in [4.69, 9.17) is 16.3 Å². The van der Waals surface area contributed by atoms with Crippen LogP contribution in [0.3, 0.4) is 0 Å². The van der Waals surface area contributed by atoms with E-state index in [0.29, 0.717) is 31.3 Å². The Labute approximate surface area is 257 Å². The zero-order valence-electron chi connectivity index (χ0n) is 23.8. The minimum absolute atomic E-state index is 0.0417. The third kappa shape index (κ3) is 5.16. The highest BCUT2D eigenvalue weighted by molar-refractivity contribution is 6.31. The molecule has 1 aromatic carbocycles. The van der Waals surface area contributed by atoms with Gasteiger partial charge in [0.2, 0.25) is 0 Å². The van der Waals surface area contributed by atoms with E-state index in [0.717, 1.165) is 51.6 Å². The number of aromatic hydroxyl groups is 1. The number of ether oxygens (including phenoxy) is 1. The number of fused-ring (bicyclic) bond motifs is 5. The normalized spacial score (nSPS) is 23.2. The van der Waals surface area contributed by atoms with Gasteiger partial charge in [0.05, 0.1) is 27.2 Å². The molecule has 5 aliphatic heterocycles. The summed E-state index contributed by atoms with van der Waals surface area (Å²) in [7, 11) is 0. The number of alkyl halides is 6. The van der Waals surface area contributed by atoms with Crippen molar-refractivity contribution in [1.82, 2.24) is 24.8 Å². The fraction of sp³-hybridized carbons (Fsp3) is 0.552. The van der Waals surface area contributed by atoms with E-state index in [1.165, 1.54) is 0 Å². The van der Waals surface area contributed by atoms with Gasteiger partial charge < -0.3 is 20.1 Å². The SMILES string of the molecule is O=c1c2nc(OCC34CCCN3CCC4)nc(N3CC4CCC3CN4)c2cc(C(F)(F)F)n1-c1cc(O)cc(Cl)c1C(F)(F)F. The molecule has 8 rings (SSSR count). The summed E-state index contributed by atoms with van der Waals surface area (Å²) in [5.74, 6) is -0.803. The molecule has 2 N–H and O–H groups in total. The van der Waals surface area contributed by atoms with Crippen LogP contribution in [0.25, 0.3) is 16.6 Å². The van der Waals surface area contributed by atoms with E-state index in [1.54, 1.807) is 0 Å². The monoisotopic (exact) mass is 658 g/mol. The molecule has 3 aromatic rings. The van der Waals surface area contributed by atoms with Gasteiger partial charge in [0.1, 0.15) is 29.4 Å². The zero-order chi connectivity index (χ0) is 31.9. The smallest absolute Gasteiger partial charge is 0.431 e. The number of rotatable bonds is 5. The first-order chi connectivity index (χ1) is 21.2. The molecule has 2 bridgehead atoms. The summed E-state index contributed by atoms with van der Waals surface area (Å²) in [5.41, 5.74) is -6.95. The van der Waals surface area contributed by atoms with Crippen molar-refractivity contribution in [3.63, 3.8) is 0 Å². The molecule has 2 unspecified atom stereocenters. The second-order valence-electron chi connectivity index (χ2n) is 12.3. The summed E-state index contributed by atoms with van der Waals surface area (Å²) < 4.78 is 92.5. The number of phenols is 1. The van der Waals surface area contributed by atoms with Crippen LogP contribution in [0.4, 0.5) is 32.2 Å². The van der Waals surface area contributed by atoms with E-state index in [2.05, 4.69) is 20.2 Å². The van der Waals surface area contributed by atoms with Gasteiger partial charge in [-0.1, -0.05) is 11.6 Å². The Morgan fingerprint density at radius 3 is 2.38 bits per heavy atom. The molecule has 242 valence electrons. The number of piperidine rings is 2. The summed E-state index contributed by atoms with van der Waals surface area (Å²) >= 11 is 5.80. The minimum Gasteiger partial charge on any atom is -0.508 e. The minimum atomic E-state index is -5.30. The Bertz CT molecular complexity index is 1710. The van der Waals surface area contributed by atoms with Gasteiger partial charge in [-0.2, -0.15) is 36.3 Å². The van der Waals surface area contributed by atoms with Crippen molar-refractivity contribution in [2.24, 2.45) is 0 Å². The number of pyridine rings is 1. The van der Waals surface area contributed by atoms with E-state index in [9.17, 15) is 36.2 Å². The number of nitrogens with zero attached hydrogens (tertiary/aromatic N) is 5. The van der Waals surface area contributed by atoms with E-state index >= 15 is 0 Å². The molecule has 9 nitrogen and oxygen atoms in total. The van der Waals surface area contributed by atoms with Crippen LogP contribution >= 0.6 is 11.6 Å². The third-order valence-electron chi connectivity index (χ3n) is 9.60. The van der Waals surface area contributed by atoms with Crippen LogP contribution in [0.5, 0.6) is 11.8 Å². The fourth-order valence-electron chi connectivity index (χ4n) is 7.54. The maximum absolute atomic E-state index is 14.7. The molecule has 0 aliphatic carbocycles. The first kappa shape index (κ1) is 30.4. The van der Waals surface area contributed by atoms with Crippen molar-refractivity contribution in [2.45, 2.75) is 68.5 Å². The van der Waals surface area contributed by atoms with Gasteiger partial charge in [0, 0.05) is 31.2 Å². The second kappa shape index (κ2) is 10.6. The standard InChI is InChI=1S/C29H29ClF6N6O3/c30-19-9-17(43)10-20(22(19)29(34,35)36)42-21(28(31,32)33)11-18-23(25(42)44)38-26(45-14-27-5-1-7-40(27)8-2-6-27)39-24(18)41-13-15-3-4-16(41)12-37-15/h9-11,15-16,37,43H,1-8,12-14H2. The van der Waals surface area contributed by atoms with Gasteiger partial charge in [-0.3, -0.25) is 14.3 Å². The van der Waals surface area contributed by atoms with E-state index in [1.807, 2.05) is 4.90 Å². The average Bonchev–Trinajstić information content (AvgIpc) is 3.55. The molecule has 0 spiro atoms. The summed E-state index contributed by atoms with van der Waals surface area (Å²) in [6, 6.07) is 1.23. The van der Waals surface area contributed by atoms with Crippen molar-refractivity contribution in [3.8, 4) is 17.4 Å². The number of benzene rings is 1. The maximum Gasteiger partial charge on any atom is 0.431 e. The molecule has 5 aliphatic rings. The Balaban J connectivity index is 1.46. The number of phenolic OH excluding ortho intramolecular Hbond substituents is 1. The van der Waals surface area contributed by atoms with Crippen LogP contribution in [0.15, 0.2) is 23.0 Å². The second-order valence-corrected chi connectivity index (χ2v) is 12.7. The van der Waals surface area contributed by atoms with Crippen molar-refractivity contribution < 1.29 is 36.2 Å². The Morgan fingerprint density at radius 1 is 1.04 bits per heavy atom. The zero-order valence-corrected chi connectivity index (χ0v) is 24.6. The summed E-state index contributed by atoms with van der Waals surface area (Å²) in [4.78, 5) is 27.0. The highest BCUT2D eigenvalue weighted by Crippen LogP contribution is 2.44. The maximum atomic E-state index is 14.7. The van der Waals surface area contributed by atoms with Gasteiger partial charge >= 0.3 is 18.4 Å². The van der Waals surface area contributed by atoms with Gasteiger partial charge in [0.15, 0.2) is 0 Å². The molecule has 0 amide bonds. The van der Waals surface area contributed by atoms with Gasteiger partial charge in [0.25, 0.3) is 5.56 Å². The van der Waals surface area contributed by atoms with Crippen LogP contribution in [-0.4, -0.2) is 75.0 Å². The lowest BCUT2D eigenvalue weighted by atomic mass is 9.93. The molecule has 7 heterocycles. The number of aromatic nitrogens is 3. The quantitative estimate of drug-likeness (QED) is 0.365. The topological polar surface area (TPSA) is 95.8 Å². The highest BCUT2D eigenvalue weighted by Gasteiger charge is 2.46. The lowest BCUT2D eigenvalue weighted by Gasteiger charge is -2.46. The van der Waals surface area contributed by atoms with Gasteiger partial charge in [-0.15, -0.1) is 0 Å². The van der Waals surface area contributed by atoms with Crippen molar-refractivity contribution in [3.05, 3.63) is 44.8 Å². The number of hydrogen-bond acceptors (Lipinski definition) is 8. The predicted molar refractivity (Wildman–Crippen MR) is 152 cm³/mol. The van der Waals surface area contributed by atoms with Gasteiger partial charge in [-0.05, 0) is 63.7 Å². The fourth-order valence-corrected chi connectivity index (χ4v) is 7.86. The Kier molecular flexibility index (Phi) is 7.17. The van der Waals surface area contributed by atoms with E-state index in [-0.39, 0.29) is 46.0 Å². The highest BCUT2D eigenvalue weighted by atomic mass is 35.5. The number of anilines is 1. The third-order valence-corrected chi connectivity index (χ3v) is 9.90. The predicted octanol–water partition coefficient (Wildman–Crippen LogP) is 5.13. The molecular weight excluding hydrogens is 630 g/mol. The van der Waals surface area contributed by atoms with Crippen LogP contribution < -0.4 is 20.5 Å². The van der Waals surface area contributed by atoms with Crippen molar-refractivity contribution in [2.75, 3.05) is 37.7 Å². The molecule has 0 radical (unpaired) electrons.